The highest BCUT2D eigenvalue weighted by atomic mass is 16.1. The third-order valence-electron chi connectivity index (χ3n) is 4.62. The lowest BCUT2D eigenvalue weighted by molar-refractivity contribution is 0.0938. The molecule has 0 spiro atoms. The molecule has 0 saturated carbocycles. The summed E-state index contributed by atoms with van der Waals surface area (Å²) in [5.41, 5.74) is 4.48. The molecule has 0 radical (unpaired) electrons. The molecule has 0 aliphatic rings. The normalized spacial score (nSPS) is 12.0. The van der Waals surface area contributed by atoms with Crippen LogP contribution in [0.2, 0.25) is 0 Å². The minimum absolute atomic E-state index is 0.128. The van der Waals surface area contributed by atoms with Gasteiger partial charge in [-0.3, -0.25) is 9.78 Å². The van der Waals surface area contributed by atoms with Crippen molar-refractivity contribution in [2.45, 2.75) is 13.0 Å². The molecule has 4 aromatic rings. The maximum Gasteiger partial charge on any atom is 0.268 e. The number of aryl methyl sites for hydroxylation is 1. The molecule has 0 saturated heterocycles. The molecule has 0 aliphatic carbocycles. The molecule has 2 N–H and O–H groups in total. The second-order valence-corrected chi connectivity index (χ2v) is 6.27. The Morgan fingerprint density at radius 2 is 1.69 bits per heavy atom. The molecule has 4 rings (SSSR count). The van der Waals surface area contributed by atoms with Gasteiger partial charge < -0.3 is 10.3 Å². The standard InChI is InChI=1S/C22H19N3O/c1-15-18-11-5-6-12-19(18)24-20(15)22(26)25-21(16-8-3-2-4-9-16)17-10-7-13-23-14-17/h2-14,21,24H,1H3,(H,25,26)/t21-/m1/s1. The van der Waals surface area contributed by atoms with Gasteiger partial charge in [-0.1, -0.05) is 54.6 Å². The van der Waals surface area contributed by atoms with Crippen LogP contribution in [0.3, 0.4) is 0 Å². The number of pyridine rings is 1. The summed E-state index contributed by atoms with van der Waals surface area (Å²) in [4.78, 5) is 20.5. The fourth-order valence-electron chi connectivity index (χ4n) is 3.26. The number of carbonyl (C=O) groups excluding carboxylic acids is 1. The summed E-state index contributed by atoms with van der Waals surface area (Å²) < 4.78 is 0. The molecular formula is C22H19N3O. The van der Waals surface area contributed by atoms with E-state index >= 15 is 0 Å². The summed E-state index contributed by atoms with van der Waals surface area (Å²) in [7, 11) is 0. The number of rotatable bonds is 4. The molecule has 128 valence electrons. The monoisotopic (exact) mass is 341 g/mol. The quantitative estimate of drug-likeness (QED) is 0.578. The van der Waals surface area contributed by atoms with Gasteiger partial charge in [0.05, 0.1) is 6.04 Å². The fourth-order valence-corrected chi connectivity index (χ4v) is 3.26. The number of fused-ring (bicyclic) bond motifs is 1. The van der Waals surface area contributed by atoms with Gasteiger partial charge in [-0.15, -0.1) is 0 Å². The van der Waals surface area contributed by atoms with Crippen LogP contribution in [0.5, 0.6) is 0 Å². The predicted molar refractivity (Wildman–Crippen MR) is 103 cm³/mol. The lowest BCUT2D eigenvalue weighted by atomic mass is 10.00. The first kappa shape index (κ1) is 16.1. The van der Waals surface area contributed by atoms with Crippen molar-refractivity contribution >= 4 is 16.8 Å². The van der Waals surface area contributed by atoms with Crippen LogP contribution in [0.4, 0.5) is 0 Å². The van der Waals surface area contributed by atoms with Gasteiger partial charge in [0.15, 0.2) is 0 Å². The van der Waals surface area contributed by atoms with E-state index in [2.05, 4.69) is 15.3 Å². The Balaban J connectivity index is 1.71. The average molecular weight is 341 g/mol. The lowest BCUT2D eigenvalue weighted by Crippen LogP contribution is -2.30. The maximum absolute atomic E-state index is 13.0. The van der Waals surface area contributed by atoms with Crippen molar-refractivity contribution in [2.24, 2.45) is 0 Å². The highest BCUT2D eigenvalue weighted by Gasteiger charge is 2.21. The minimum Gasteiger partial charge on any atom is -0.350 e. The summed E-state index contributed by atoms with van der Waals surface area (Å²) in [6.07, 6.45) is 3.52. The Labute approximate surface area is 151 Å². The number of hydrogen-bond acceptors (Lipinski definition) is 2. The van der Waals surface area contributed by atoms with Gasteiger partial charge in [0.1, 0.15) is 5.69 Å². The number of para-hydroxylation sites is 1. The highest BCUT2D eigenvalue weighted by Crippen LogP contribution is 2.24. The molecule has 26 heavy (non-hydrogen) atoms. The van der Waals surface area contributed by atoms with Gasteiger partial charge in [0, 0.05) is 23.3 Å². The van der Waals surface area contributed by atoms with Crippen molar-refractivity contribution in [3.8, 4) is 0 Å². The van der Waals surface area contributed by atoms with Crippen LogP contribution in [-0.2, 0) is 0 Å². The second-order valence-electron chi connectivity index (χ2n) is 6.27. The Hall–Kier alpha value is -3.40. The molecule has 0 fully saturated rings. The Morgan fingerprint density at radius 3 is 2.42 bits per heavy atom. The van der Waals surface area contributed by atoms with Crippen LogP contribution >= 0.6 is 0 Å². The third kappa shape index (κ3) is 2.97. The van der Waals surface area contributed by atoms with Gasteiger partial charge in [0.25, 0.3) is 5.91 Å². The van der Waals surface area contributed by atoms with E-state index in [9.17, 15) is 4.79 Å². The van der Waals surface area contributed by atoms with Crippen LogP contribution < -0.4 is 5.32 Å². The predicted octanol–water partition coefficient (Wildman–Crippen LogP) is 4.39. The van der Waals surface area contributed by atoms with E-state index in [4.69, 9.17) is 0 Å². The Bertz CT molecular complexity index is 999. The topological polar surface area (TPSA) is 57.8 Å². The summed E-state index contributed by atoms with van der Waals surface area (Å²) in [5.74, 6) is -0.128. The largest absolute Gasteiger partial charge is 0.350 e. The Kier molecular flexibility index (Phi) is 4.23. The molecule has 0 aliphatic heterocycles. The van der Waals surface area contributed by atoms with Crippen molar-refractivity contribution < 1.29 is 4.79 Å². The number of aromatic amines is 1. The van der Waals surface area contributed by atoms with E-state index in [1.807, 2.05) is 73.7 Å². The zero-order valence-corrected chi connectivity index (χ0v) is 14.4. The summed E-state index contributed by atoms with van der Waals surface area (Å²) in [5, 5.41) is 4.22. The first-order valence-electron chi connectivity index (χ1n) is 8.57. The van der Waals surface area contributed by atoms with E-state index in [0.29, 0.717) is 5.69 Å². The van der Waals surface area contributed by atoms with Gasteiger partial charge in [0.2, 0.25) is 0 Å². The summed E-state index contributed by atoms with van der Waals surface area (Å²) in [6, 6.07) is 21.5. The number of hydrogen-bond donors (Lipinski definition) is 2. The molecule has 2 aromatic heterocycles. The molecule has 0 bridgehead atoms. The molecule has 2 aromatic carbocycles. The summed E-state index contributed by atoms with van der Waals surface area (Å²) >= 11 is 0. The zero-order chi connectivity index (χ0) is 17.9. The van der Waals surface area contributed by atoms with Crippen LogP contribution in [-0.4, -0.2) is 15.9 Å². The molecule has 1 amide bonds. The fraction of sp³-hybridized carbons (Fsp3) is 0.0909. The van der Waals surface area contributed by atoms with Crippen LogP contribution in [0.15, 0.2) is 79.1 Å². The highest BCUT2D eigenvalue weighted by molar-refractivity contribution is 6.01. The molecule has 4 nitrogen and oxygen atoms in total. The number of benzene rings is 2. The lowest BCUT2D eigenvalue weighted by Gasteiger charge is -2.19. The van der Waals surface area contributed by atoms with Gasteiger partial charge >= 0.3 is 0 Å². The van der Waals surface area contributed by atoms with Crippen LogP contribution in [0.1, 0.15) is 33.2 Å². The van der Waals surface area contributed by atoms with Crippen LogP contribution in [0, 0.1) is 6.92 Å². The van der Waals surface area contributed by atoms with Crippen molar-refractivity contribution in [3.63, 3.8) is 0 Å². The van der Waals surface area contributed by atoms with Gasteiger partial charge in [-0.25, -0.2) is 0 Å². The number of H-pyrrole nitrogens is 1. The number of aromatic nitrogens is 2. The first-order valence-corrected chi connectivity index (χ1v) is 8.57. The van der Waals surface area contributed by atoms with E-state index < -0.39 is 0 Å². The van der Waals surface area contributed by atoms with E-state index in [1.54, 1.807) is 12.4 Å². The number of amides is 1. The number of nitrogens with zero attached hydrogens (tertiary/aromatic N) is 1. The van der Waals surface area contributed by atoms with Crippen molar-refractivity contribution in [2.75, 3.05) is 0 Å². The SMILES string of the molecule is Cc1c(C(=O)N[C@H](c2ccccc2)c2cccnc2)[nH]c2ccccc12. The average Bonchev–Trinajstić information content (AvgIpc) is 3.04. The molecule has 2 heterocycles. The van der Waals surface area contributed by atoms with Crippen LogP contribution in [0.25, 0.3) is 10.9 Å². The first-order chi connectivity index (χ1) is 12.7. The molecular weight excluding hydrogens is 322 g/mol. The van der Waals surface area contributed by atoms with E-state index in [0.717, 1.165) is 27.6 Å². The molecule has 4 heteroatoms. The Morgan fingerprint density at radius 1 is 0.962 bits per heavy atom. The van der Waals surface area contributed by atoms with Crippen molar-refractivity contribution in [1.82, 2.24) is 15.3 Å². The maximum atomic E-state index is 13.0. The minimum atomic E-state index is -0.261. The molecule has 1 atom stereocenters. The second kappa shape index (κ2) is 6.84. The number of nitrogens with one attached hydrogen (secondary N) is 2. The summed E-state index contributed by atoms with van der Waals surface area (Å²) in [6.45, 7) is 1.97. The third-order valence-corrected chi connectivity index (χ3v) is 4.62. The smallest absolute Gasteiger partial charge is 0.268 e. The molecule has 0 unspecified atom stereocenters. The zero-order valence-electron chi connectivity index (χ0n) is 14.4. The van der Waals surface area contributed by atoms with Gasteiger partial charge in [-0.05, 0) is 35.7 Å². The van der Waals surface area contributed by atoms with E-state index in [1.165, 1.54) is 0 Å². The van der Waals surface area contributed by atoms with Gasteiger partial charge in [-0.2, -0.15) is 0 Å². The van der Waals surface area contributed by atoms with E-state index in [-0.39, 0.29) is 11.9 Å². The number of carbonyl (C=O) groups is 1. The van der Waals surface area contributed by atoms with Crippen molar-refractivity contribution in [3.05, 3.63) is 102 Å². The van der Waals surface area contributed by atoms with Crippen molar-refractivity contribution in [1.29, 1.82) is 0 Å².